The molecule has 0 unspecified atom stereocenters. The number of nitrogens with two attached hydrogens (primary N) is 2. The van der Waals surface area contributed by atoms with Gasteiger partial charge in [-0.15, -0.1) is 0 Å². The molecule has 0 fully saturated rings. The van der Waals surface area contributed by atoms with E-state index in [1.54, 1.807) is 11.0 Å². The van der Waals surface area contributed by atoms with Crippen molar-refractivity contribution < 1.29 is 38.4 Å². The SMILES string of the molecule is NC(=O)CCC(=O)NOC(=O)CCC(=O)ONC(=O)CCC(N)=O. The lowest BCUT2D eigenvalue weighted by Gasteiger charge is -2.06. The molecule has 6 N–H and O–H groups in total. The van der Waals surface area contributed by atoms with Gasteiger partial charge >= 0.3 is 11.9 Å². The Balaban J connectivity index is 3.80. The largest absolute Gasteiger partial charge is 0.370 e. The van der Waals surface area contributed by atoms with Crippen LogP contribution < -0.4 is 22.4 Å². The standard InChI is InChI=1S/C12H18N4O8/c13-7(17)1-3-9(19)15-23-11(21)5-6-12(22)24-16-10(20)4-2-8(14)18/h1-6H2,(H2,13,17)(H2,14,18)(H,15,19)(H,16,20). The molecular formula is C12H18N4O8. The summed E-state index contributed by atoms with van der Waals surface area (Å²) >= 11 is 0. The van der Waals surface area contributed by atoms with Gasteiger partial charge in [0.15, 0.2) is 0 Å². The second-order valence-corrected chi connectivity index (χ2v) is 4.43. The van der Waals surface area contributed by atoms with Crippen molar-refractivity contribution in [2.45, 2.75) is 38.5 Å². The molecule has 24 heavy (non-hydrogen) atoms. The van der Waals surface area contributed by atoms with E-state index in [1.165, 1.54) is 0 Å². The summed E-state index contributed by atoms with van der Waals surface area (Å²) in [5.41, 5.74) is 13.2. The van der Waals surface area contributed by atoms with Crippen LogP contribution >= 0.6 is 0 Å². The van der Waals surface area contributed by atoms with E-state index in [2.05, 4.69) is 9.68 Å². The van der Waals surface area contributed by atoms with Crippen LogP contribution in [0.4, 0.5) is 0 Å². The van der Waals surface area contributed by atoms with Gasteiger partial charge in [0.2, 0.25) is 11.8 Å². The summed E-state index contributed by atoms with van der Waals surface area (Å²) < 4.78 is 0. The Labute approximate surface area is 136 Å². The maximum absolute atomic E-state index is 11.2. The second kappa shape index (κ2) is 11.4. The van der Waals surface area contributed by atoms with Gasteiger partial charge in [0.25, 0.3) is 11.8 Å². The van der Waals surface area contributed by atoms with Gasteiger partial charge in [-0.25, -0.2) is 9.59 Å². The maximum atomic E-state index is 11.2. The zero-order valence-corrected chi connectivity index (χ0v) is 12.7. The molecule has 0 spiro atoms. The normalized spacial score (nSPS) is 9.50. The minimum Gasteiger partial charge on any atom is -0.370 e. The average Bonchev–Trinajstić information content (AvgIpc) is 2.52. The number of hydroxylamine groups is 2. The molecular weight excluding hydrogens is 328 g/mol. The van der Waals surface area contributed by atoms with E-state index in [1.807, 2.05) is 0 Å². The van der Waals surface area contributed by atoms with E-state index in [9.17, 15) is 28.8 Å². The van der Waals surface area contributed by atoms with Crippen LogP contribution in [0.3, 0.4) is 0 Å². The molecule has 0 rings (SSSR count). The molecule has 12 heteroatoms. The van der Waals surface area contributed by atoms with Gasteiger partial charge in [0.1, 0.15) is 0 Å². The Kier molecular flexibility index (Phi) is 9.89. The number of carbonyl (C=O) groups is 6. The third-order valence-corrected chi connectivity index (χ3v) is 2.29. The molecule has 0 saturated carbocycles. The zero-order valence-electron chi connectivity index (χ0n) is 12.7. The minimum absolute atomic E-state index is 0.203. The van der Waals surface area contributed by atoms with Crippen LogP contribution in [0.5, 0.6) is 0 Å². The van der Waals surface area contributed by atoms with Crippen molar-refractivity contribution in [3.63, 3.8) is 0 Å². The monoisotopic (exact) mass is 346 g/mol. The zero-order chi connectivity index (χ0) is 18.5. The van der Waals surface area contributed by atoms with E-state index in [-0.39, 0.29) is 25.7 Å². The molecule has 0 aliphatic rings. The highest BCUT2D eigenvalue weighted by molar-refractivity contribution is 5.85. The van der Waals surface area contributed by atoms with E-state index in [4.69, 9.17) is 11.5 Å². The Morgan fingerprint density at radius 1 is 0.583 bits per heavy atom. The molecule has 4 amide bonds. The van der Waals surface area contributed by atoms with Crippen molar-refractivity contribution in [3.8, 4) is 0 Å². The predicted molar refractivity (Wildman–Crippen MR) is 74.6 cm³/mol. The van der Waals surface area contributed by atoms with Crippen LogP contribution in [0.2, 0.25) is 0 Å². The van der Waals surface area contributed by atoms with Crippen molar-refractivity contribution in [1.82, 2.24) is 11.0 Å². The Bertz CT molecular complexity index is 473. The molecule has 0 aromatic rings. The molecule has 0 bridgehead atoms. The number of carbonyl (C=O) groups excluding carboxylic acids is 6. The van der Waals surface area contributed by atoms with Crippen molar-refractivity contribution in [1.29, 1.82) is 0 Å². The van der Waals surface area contributed by atoms with Crippen molar-refractivity contribution in [3.05, 3.63) is 0 Å². The lowest BCUT2D eigenvalue weighted by Crippen LogP contribution is -2.30. The Morgan fingerprint density at radius 2 is 0.917 bits per heavy atom. The minimum atomic E-state index is -0.931. The highest BCUT2D eigenvalue weighted by Gasteiger charge is 2.13. The molecule has 0 radical (unpaired) electrons. The quantitative estimate of drug-likeness (QED) is 0.327. The number of hydrogen-bond donors (Lipinski definition) is 4. The molecule has 0 atom stereocenters. The van der Waals surface area contributed by atoms with Gasteiger partial charge in [0, 0.05) is 25.7 Å². The van der Waals surface area contributed by atoms with Gasteiger partial charge < -0.3 is 21.1 Å². The number of primary amides is 2. The number of hydrogen-bond acceptors (Lipinski definition) is 8. The first-order valence-corrected chi connectivity index (χ1v) is 6.74. The summed E-state index contributed by atoms with van der Waals surface area (Å²) in [6.07, 6.45) is -1.75. The first-order chi connectivity index (χ1) is 11.2. The fourth-order valence-electron chi connectivity index (χ4n) is 1.11. The molecule has 12 nitrogen and oxygen atoms in total. The van der Waals surface area contributed by atoms with Crippen LogP contribution in [0, 0.1) is 0 Å². The number of amides is 4. The van der Waals surface area contributed by atoms with Crippen LogP contribution in [0.15, 0.2) is 0 Å². The van der Waals surface area contributed by atoms with Gasteiger partial charge in [0.05, 0.1) is 12.8 Å². The Morgan fingerprint density at radius 3 is 1.21 bits per heavy atom. The molecule has 0 aliphatic carbocycles. The number of nitrogens with one attached hydrogen (secondary N) is 2. The second-order valence-electron chi connectivity index (χ2n) is 4.43. The highest BCUT2D eigenvalue weighted by Crippen LogP contribution is 1.95. The van der Waals surface area contributed by atoms with Gasteiger partial charge in [-0.3, -0.25) is 19.2 Å². The molecule has 134 valence electrons. The molecule has 0 heterocycles. The van der Waals surface area contributed by atoms with Crippen LogP contribution in [-0.4, -0.2) is 35.6 Å². The van der Waals surface area contributed by atoms with Gasteiger partial charge in [-0.1, -0.05) is 0 Å². The van der Waals surface area contributed by atoms with Gasteiger partial charge in [-0.05, 0) is 0 Å². The predicted octanol–water partition coefficient (Wildman–Crippen LogP) is -2.55. The molecule has 0 aromatic heterocycles. The topological polar surface area (TPSA) is 197 Å². The Hall–Kier alpha value is -3.18. The van der Waals surface area contributed by atoms with E-state index < -0.39 is 48.4 Å². The summed E-state index contributed by atoms with van der Waals surface area (Å²) in [5.74, 6) is -4.69. The maximum Gasteiger partial charge on any atom is 0.332 e. The third kappa shape index (κ3) is 12.6. The highest BCUT2D eigenvalue weighted by atomic mass is 16.7. The van der Waals surface area contributed by atoms with Crippen LogP contribution in [0.25, 0.3) is 0 Å². The smallest absolute Gasteiger partial charge is 0.332 e. The van der Waals surface area contributed by atoms with E-state index >= 15 is 0 Å². The first-order valence-electron chi connectivity index (χ1n) is 6.74. The molecule has 0 aliphatic heterocycles. The number of rotatable bonds is 9. The van der Waals surface area contributed by atoms with Crippen molar-refractivity contribution in [2.75, 3.05) is 0 Å². The summed E-state index contributed by atoms with van der Waals surface area (Å²) in [7, 11) is 0. The van der Waals surface area contributed by atoms with E-state index in [0.29, 0.717) is 0 Å². The lowest BCUT2D eigenvalue weighted by molar-refractivity contribution is -0.163. The van der Waals surface area contributed by atoms with Gasteiger partial charge in [-0.2, -0.15) is 11.0 Å². The first kappa shape index (κ1) is 20.8. The fourth-order valence-corrected chi connectivity index (χ4v) is 1.11. The lowest BCUT2D eigenvalue weighted by atomic mass is 10.3. The third-order valence-electron chi connectivity index (χ3n) is 2.29. The fraction of sp³-hybridized carbons (Fsp3) is 0.500. The van der Waals surface area contributed by atoms with E-state index in [0.717, 1.165) is 0 Å². The summed E-state index contributed by atoms with van der Waals surface area (Å²) in [6, 6.07) is 0. The summed E-state index contributed by atoms with van der Waals surface area (Å²) in [6.45, 7) is 0. The molecule has 0 aromatic carbocycles. The molecule has 0 saturated heterocycles. The van der Waals surface area contributed by atoms with Crippen molar-refractivity contribution >= 4 is 35.6 Å². The summed E-state index contributed by atoms with van der Waals surface area (Å²) in [5, 5.41) is 0. The average molecular weight is 346 g/mol. The van der Waals surface area contributed by atoms with Crippen LogP contribution in [0.1, 0.15) is 38.5 Å². The van der Waals surface area contributed by atoms with Crippen LogP contribution in [-0.2, 0) is 38.4 Å². The summed E-state index contributed by atoms with van der Waals surface area (Å²) in [4.78, 5) is 74.2. The van der Waals surface area contributed by atoms with Crippen molar-refractivity contribution in [2.24, 2.45) is 11.5 Å².